The molecule has 3 N–H and O–H groups in total. The van der Waals surface area contributed by atoms with E-state index in [0.717, 1.165) is 6.07 Å². The summed E-state index contributed by atoms with van der Waals surface area (Å²) in [4.78, 5) is 24.9. The van der Waals surface area contributed by atoms with Crippen LogP contribution in [0.3, 0.4) is 0 Å². The molecule has 1 atom stereocenters. The van der Waals surface area contributed by atoms with Crippen molar-refractivity contribution in [3.8, 4) is 11.5 Å². The van der Waals surface area contributed by atoms with Gasteiger partial charge in [-0.1, -0.05) is 23.2 Å². The Labute approximate surface area is 198 Å². The van der Waals surface area contributed by atoms with Crippen LogP contribution in [0.25, 0.3) is 0 Å². The average Bonchev–Trinajstić information content (AvgIpc) is 2.72. The van der Waals surface area contributed by atoms with Crippen LogP contribution >= 0.6 is 23.2 Å². The minimum atomic E-state index is -0.999. The molecule has 1 heterocycles. The van der Waals surface area contributed by atoms with Gasteiger partial charge in [0, 0.05) is 27.7 Å². The smallest absolute Gasteiger partial charge is 0.287 e. The van der Waals surface area contributed by atoms with Crippen LogP contribution in [0.1, 0.15) is 30.9 Å². The van der Waals surface area contributed by atoms with Crippen LogP contribution in [0.5, 0.6) is 11.5 Å². The first-order chi connectivity index (χ1) is 15.7. The first-order valence-electron chi connectivity index (χ1n) is 10.2. The zero-order chi connectivity index (χ0) is 23.4. The number of rotatable bonds is 6. The number of hydrogen-bond acceptors (Lipinski definition) is 5. The van der Waals surface area contributed by atoms with Crippen molar-refractivity contribution in [2.75, 3.05) is 6.61 Å². The number of benzene rings is 2. The molecule has 2 aromatic rings. The highest BCUT2D eigenvalue weighted by Gasteiger charge is 2.69. The molecule has 1 aliphatic heterocycles. The first kappa shape index (κ1) is 22.0. The quantitative estimate of drug-likeness (QED) is 0.573. The summed E-state index contributed by atoms with van der Waals surface area (Å²) >= 11 is 11.6. The number of nitrogens with one attached hydrogen (secondary N) is 2. The second-order valence-electron chi connectivity index (χ2n) is 8.72. The molecule has 0 aromatic heterocycles. The molecule has 6 rings (SSSR count). The molecule has 0 spiro atoms. The van der Waals surface area contributed by atoms with Gasteiger partial charge in [-0.25, -0.2) is 4.39 Å². The van der Waals surface area contributed by atoms with Crippen molar-refractivity contribution in [2.24, 2.45) is 0 Å². The van der Waals surface area contributed by atoms with Gasteiger partial charge in [-0.15, -0.1) is 0 Å². The maximum Gasteiger partial charge on any atom is 0.287 e. The Kier molecular flexibility index (Phi) is 5.27. The number of amides is 2. The van der Waals surface area contributed by atoms with Gasteiger partial charge in [0.25, 0.3) is 11.8 Å². The Morgan fingerprint density at radius 2 is 1.85 bits per heavy atom. The van der Waals surface area contributed by atoms with Gasteiger partial charge in [0.15, 0.2) is 12.4 Å². The highest BCUT2D eigenvalue weighted by Crippen LogP contribution is 2.60. The van der Waals surface area contributed by atoms with E-state index in [1.807, 2.05) is 0 Å². The van der Waals surface area contributed by atoms with Gasteiger partial charge in [0.05, 0.1) is 5.02 Å². The molecular weight excluding hydrogens is 474 g/mol. The van der Waals surface area contributed by atoms with Crippen LogP contribution in [0.4, 0.5) is 4.39 Å². The summed E-state index contributed by atoms with van der Waals surface area (Å²) in [7, 11) is 0. The van der Waals surface area contributed by atoms with Crippen molar-refractivity contribution in [1.29, 1.82) is 0 Å². The minimum Gasteiger partial charge on any atom is -0.484 e. The summed E-state index contributed by atoms with van der Waals surface area (Å²) in [5.74, 6) is -0.780. The van der Waals surface area contributed by atoms with E-state index in [1.165, 1.54) is 18.2 Å². The molecule has 1 unspecified atom stereocenters. The Balaban J connectivity index is 1.11. The van der Waals surface area contributed by atoms with E-state index in [1.54, 1.807) is 18.2 Å². The molecule has 172 valence electrons. The predicted octanol–water partition coefficient (Wildman–Crippen LogP) is 3.43. The number of halogens is 3. The average molecular weight is 493 g/mol. The standard InChI is InChI=1S/C23H19Cl2FN2O5/c24-12-1-4-18-14(5-12)17(29)7-19(33-18)21(31)28-23-9-22(10-23,11-23)27-20(30)8-32-13-2-3-15(25)16(26)6-13/h1-7,17,29H,8-11H2,(H,27,30)(H,28,31). The van der Waals surface area contributed by atoms with Crippen LogP contribution in [-0.2, 0) is 9.59 Å². The van der Waals surface area contributed by atoms with Crippen LogP contribution in [0.2, 0.25) is 10.0 Å². The Hall–Kier alpha value is -2.81. The number of fused-ring (bicyclic) bond motifs is 1. The van der Waals surface area contributed by atoms with Gasteiger partial charge in [0.2, 0.25) is 0 Å². The monoisotopic (exact) mass is 492 g/mol. The topological polar surface area (TPSA) is 96.9 Å². The maximum absolute atomic E-state index is 13.5. The van der Waals surface area contributed by atoms with E-state index in [9.17, 15) is 19.1 Å². The van der Waals surface area contributed by atoms with Crippen LogP contribution in [0, 0.1) is 5.82 Å². The van der Waals surface area contributed by atoms with Crippen molar-refractivity contribution in [1.82, 2.24) is 10.6 Å². The molecule has 3 aliphatic carbocycles. The van der Waals surface area contributed by atoms with Crippen molar-refractivity contribution in [2.45, 2.75) is 36.4 Å². The van der Waals surface area contributed by atoms with Gasteiger partial charge in [0.1, 0.15) is 23.4 Å². The number of aliphatic hydroxyl groups is 1. The Morgan fingerprint density at radius 3 is 2.58 bits per heavy atom. The molecule has 7 nitrogen and oxygen atoms in total. The third kappa shape index (κ3) is 4.14. The Bertz CT molecular complexity index is 1180. The largest absolute Gasteiger partial charge is 0.484 e. The fourth-order valence-corrected chi connectivity index (χ4v) is 5.05. The number of carbonyl (C=O) groups is 2. The number of hydrogen-bond donors (Lipinski definition) is 3. The summed E-state index contributed by atoms with van der Waals surface area (Å²) in [6, 6.07) is 8.77. The van der Waals surface area contributed by atoms with E-state index in [0.29, 0.717) is 35.6 Å². The fraction of sp³-hybridized carbons (Fsp3) is 0.304. The van der Waals surface area contributed by atoms with E-state index >= 15 is 0 Å². The number of carbonyl (C=O) groups excluding carboxylic acids is 2. The van der Waals surface area contributed by atoms with Gasteiger partial charge >= 0.3 is 0 Å². The highest BCUT2D eigenvalue weighted by molar-refractivity contribution is 6.31. The maximum atomic E-state index is 13.5. The SMILES string of the molecule is O=C(COc1ccc(Cl)c(F)c1)NC12CC(NC(=O)C3=CC(O)c4cc(Cl)ccc4O3)(C1)C2. The van der Waals surface area contributed by atoms with E-state index in [4.69, 9.17) is 32.7 Å². The third-order valence-electron chi connectivity index (χ3n) is 6.12. The molecule has 4 aliphatic rings. The zero-order valence-corrected chi connectivity index (χ0v) is 18.7. The summed E-state index contributed by atoms with van der Waals surface area (Å²) in [6.45, 7) is -0.260. The third-order valence-corrected chi connectivity index (χ3v) is 6.66. The normalized spacial score (nSPS) is 26.5. The van der Waals surface area contributed by atoms with Crippen molar-refractivity contribution >= 4 is 35.0 Å². The second-order valence-corrected chi connectivity index (χ2v) is 9.56. The predicted molar refractivity (Wildman–Crippen MR) is 118 cm³/mol. The lowest BCUT2D eigenvalue weighted by atomic mass is 9.44. The van der Waals surface area contributed by atoms with Crippen LogP contribution < -0.4 is 20.1 Å². The van der Waals surface area contributed by atoms with Crippen molar-refractivity contribution in [3.63, 3.8) is 0 Å². The minimum absolute atomic E-state index is 0.0173. The van der Waals surface area contributed by atoms with Gasteiger partial charge in [-0.05, 0) is 55.7 Å². The van der Waals surface area contributed by atoms with Crippen LogP contribution in [-0.4, -0.2) is 34.6 Å². The molecule has 2 amide bonds. The summed E-state index contributed by atoms with van der Waals surface area (Å²) in [5.41, 5.74) is -0.307. The summed E-state index contributed by atoms with van der Waals surface area (Å²) in [5, 5.41) is 16.6. The van der Waals surface area contributed by atoms with Gasteiger partial charge in [-0.3, -0.25) is 9.59 Å². The summed E-state index contributed by atoms with van der Waals surface area (Å²) in [6.07, 6.45) is 2.08. The van der Waals surface area contributed by atoms with Gasteiger partial charge in [-0.2, -0.15) is 0 Å². The molecule has 10 heteroatoms. The Morgan fingerprint density at radius 1 is 1.12 bits per heavy atom. The number of ether oxygens (including phenoxy) is 2. The number of aliphatic hydroxyl groups excluding tert-OH is 1. The van der Waals surface area contributed by atoms with Crippen molar-refractivity contribution in [3.05, 3.63) is 69.7 Å². The second kappa shape index (κ2) is 7.90. The molecule has 0 radical (unpaired) electrons. The van der Waals surface area contributed by atoms with E-state index in [2.05, 4.69) is 10.6 Å². The molecule has 33 heavy (non-hydrogen) atoms. The summed E-state index contributed by atoms with van der Waals surface area (Å²) < 4.78 is 24.4. The fourth-order valence-electron chi connectivity index (χ4n) is 4.75. The lowest BCUT2D eigenvalue weighted by Crippen LogP contribution is -2.84. The molecule has 3 saturated carbocycles. The first-order valence-corrected chi connectivity index (χ1v) is 11.0. The lowest BCUT2D eigenvalue weighted by molar-refractivity contribution is -0.149. The highest BCUT2D eigenvalue weighted by atomic mass is 35.5. The molecule has 2 bridgehead atoms. The van der Waals surface area contributed by atoms with Crippen LogP contribution in [0.15, 0.2) is 48.2 Å². The van der Waals surface area contributed by atoms with Gasteiger partial charge < -0.3 is 25.2 Å². The molecule has 0 saturated heterocycles. The molecule has 3 fully saturated rings. The lowest BCUT2D eigenvalue weighted by Gasteiger charge is -2.70. The molecule has 2 aromatic carbocycles. The zero-order valence-electron chi connectivity index (χ0n) is 17.2. The van der Waals surface area contributed by atoms with E-state index < -0.39 is 23.4 Å². The molecular formula is C23H19Cl2FN2O5. The van der Waals surface area contributed by atoms with Crippen molar-refractivity contribution < 1.29 is 28.6 Å². The van der Waals surface area contributed by atoms with E-state index in [-0.39, 0.29) is 34.6 Å².